The Labute approximate surface area is 169 Å². The maximum Gasteiger partial charge on any atom is 0.289 e. The van der Waals surface area contributed by atoms with Gasteiger partial charge in [-0.25, -0.2) is 0 Å². The SMILES string of the molecule is Cc1noc(C)c1-c1nc(CN2CCCN(C(=O)c3ccc(Br)o3)CC2)no1. The van der Waals surface area contributed by atoms with Crippen LogP contribution in [0.5, 0.6) is 0 Å². The number of aromatic nitrogens is 3. The van der Waals surface area contributed by atoms with Crippen LogP contribution >= 0.6 is 15.9 Å². The summed E-state index contributed by atoms with van der Waals surface area (Å²) in [6, 6.07) is 3.41. The summed E-state index contributed by atoms with van der Waals surface area (Å²) in [4.78, 5) is 21.1. The predicted molar refractivity (Wildman–Crippen MR) is 101 cm³/mol. The van der Waals surface area contributed by atoms with Crippen molar-refractivity contribution >= 4 is 21.8 Å². The molecule has 0 radical (unpaired) electrons. The molecule has 148 valence electrons. The number of furan rings is 1. The minimum Gasteiger partial charge on any atom is -0.444 e. The van der Waals surface area contributed by atoms with Crippen LogP contribution in [0.1, 0.15) is 34.3 Å². The molecule has 3 aromatic rings. The van der Waals surface area contributed by atoms with Crippen molar-refractivity contribution in [2.75, 3.05) is 26.2 Å². The fraction of sp³-hybridized carbons (Fsp3) is 0.444. The minimum absolute atomic E-state index is 0.0900. The first-order valence-corrected chi connectivity index (χ1v) is 9.83. The van der Waals surface area contributed by atoms with Crippen molar-refractivity contribution in [2.24, 2.45) is 0 Å². The standard InChI is InChI=1S/C18H20BrN5O4/c1-11-16(12(2)27-21-11)17-20-15(22-28-17)10-23-6-3-7-24(9-8-23)18(25)13-4-5-14(19)26-13/h4-5H,3,6-10H2,1-2H3. The quantitative estimate of drug-likeness (QED) is 0.598. The molecule has 0 spiro atoms. The van der Waals surface area contributed by atoms with E-state index < -0.39 is 0 Å². The van der Waals surface area contributed by atoms with E-state index in [4.69, 9.17) is 13.5 Å². The molecule has 1 fully saturated rings. The highest BCUT2D eigenvalue weighted by Crippen LogP contribution is 2.25. The number of amides is 1. The van der Waals surface area contributed by atoms with Crippen molar-refractivity contribution in [3.05, 3.63) is 39.8 Å². The number of hydrogen-bond acceptors (Lipinski definition) is 8. The number of carbonyl (C=O) groups is 1. The number of carbonyl (C=O) groups excluding carboxylic acids is 1. The van der Waals surface area contributed by atoms with Gasteiger partial charge in [0, 0.05) is 26.2 Å². The van der Waals surface area contributed by atoms with Crippen LogP contribution in [0.25, 0.3) is 11.5 Å². The summed E-state index contributed by atoms with van der Waals surface area (Å²) in [5.41, 5.74) is 1.47. The van der Waals surface area contributed by atoms with E-state index in [-0.39, 0.29) is 5.91 Å². The molecule has 1 amide bonds. The number of halogens is 1. The van der Waals surface area contributed by atoms with Crippen molar-refractivity contribution in [1.29, 1.82) is 0 Å². The summed E-state index contributed by atoms with van der Waals surface area (Å²) >= 11 is 3.23. The Kier molecular flexibility index (Phi) is 5.31. The minimum atomic E-state index is -0.0900. The Bertz CT molecular complexity index is 959. The third-order valence-electron chi connectivity index (χ3n) is 4.74. The number of nitrogens with zero attached hydrogens (tertiary/aromatic N) is 5. The maximum absolute atomic E-state index is 12.6. The van der Waals surface area contributed by atoms with Crippen molar-refractivity contribution in [3.63, 3.8) is 0 Å². The van der Waals surface area contributed by atoms with E-state index in [1.807, 2.05) is 18.7 Å². The summed E-state index contributed by atoms with van der Waals surface area (Å²) in [5, 5.41) is 8.01. The van der Waals surface area contributed by atoms with Gasteiger partial charge in [0.15, 0.2) is 16.3 Å². The van der Waals surface area contributed by atoms with Crippen molar-refractivity contribution in [2.45, 2.75) is 26.8 Å². The van der Waals surface area contributed by atoms with E-state index >= 15 is 0 Å². The highest BCUT2D eigenvalue weighted by molar-refractivity contribution is 9.10. The normalized spacial score (nSPS) is 15.8. The fourth-order valence-corrected chi connectivity index (χ4v) is 3.63. The van der Waals surface area contributed by atoms with Gasteiger partial charge >= 0.3 is 0 Å². The Morgan fingerprint density at radius 2 is 2.00 bits per heavy atom. The number of rotatable bonds is 4. The zero-order valence-corrected chi connectivity index (χ0v) is 17.2. The smallest absolute Gasteiger partial charge is 0.289 e. The Hall–Kier alpha value is -2.46. The first-order valence-electron chi connectivity index (χ1n) is 9.04. The van der Waals surface area contributed by atoms with E-state index in [9.17, 15) is 4.79 Å². The molecule has 1 aliphatic heterocycles. The van der Waals surface area contributed by atoms with Crippen molar-refractivity contribution in [1.82, 2.24) is 25.1 Å². The molecular weight excluding hydrogens is 430 g/mol. The molecular formula is C18H20BrN5O4. The molecule has 0 bridgehead atoms. The highest BCUT2D eigenvalue weighted by Gasteiger charge is 2.24. The largest absolute Gasteiger partial charge is 0.444 e. The fourth-order valence-electron chi connectivity index (χ4n) is 3.33. The summed E-state index contributed by atoms with van der Waals surface area (Å²) < 4.78 is 16.5. The molecule has 0 N–H and O–H groups in total. The van der Waals surface area contributed by atoms with Gasteiger partial charge in [-0.2, -0.15) is 4.98 Å². The second kappa shape index (κ2) is 7.88. The van der Waals surface area contributed by atoms with E-state index in [1.54, 1.807) is 12.1 Å². The first-order chi connectivity index (χ1) is 13.5. The summed E-state index contributed by atoms with van der Waals surface area (Å²) in [7, 11) is 0. The Morgan fingerprint density at radius 3 is 2.71 bits per heavy atom. The molecule has 0 aromatic carbocycles. The lowest BCUT2D eigenvalue weighted by molar-refractivity contribution is 0.0727. The van der Waals surface area contributed by atoms with Crippen LogP contribution in [0.4, 0.5) is 0 Å². The zero-order valence-electron chi connectivity index (χ0n) is 15.6. The van der Waals surface area contributed by atoms with E-state index in [1.165, 1.54) is 0 Å². The second-order valence-electron chi connectivity index (χ2n) is 6.74. The molecule has 0 aliphatic carbocycles. The van der Waals surface area contributed by atoms with E-state index in [0.717, 1.165) is 30.8 Å². The van der Waals surface area contributed by atoms with Crippen molar-refractivity contribution < 1.29 is 18.3 Å². The third kappa shape index (κ3) is 3.88. The van der Waals surface area contributed by atoms with E-state index in [2.05, 4.69) is 36.1 Å². The van der Waals surface area contributed by atoms with Crippen LogP contribution in [0.3, 0.4) is 0 Å². The van der Waals surface area contributed by atoms with Crippen LogP contribution in [-0.2, 0) is 6.54 Å². The first kappa shape index (κ1) is 18.9. The molecule has 4 rings (SSSR count). The van der Waals surface area contributed by atoms with Crippen LogP contribution in [0.15, 0.2) is 30.3 Å². The van der Waals surface area contributed by atoms with Gasteiger partial charge in [-0.1, -0.05) is 10.3 Å². The summed E-state index contributed by atoms with van der Waals surface area (Å²) in [5.74, 6) is 1.93. The second-order valence-corrected chi connectivity index (χ2v) is 7.52. The molecule has 0 atom stereocenters. The summed E-state index contributed by atoms with van der Waals surface area (Å²) in [6.07, 6.45) is 0.863. The van der Waals surface area contributed by atoms with Gasteiger partial charge in [-0.3, -0.25) is 9.69 Å². The van der Waals surface area contributed by atoms with Crippen LogP contribution < -0.4 is 0 Å². The Balaban J connectivity index is 1.38. The molecule has 0 saturated carbocycles. The molecule has 28 heavy (non-hydrogen) atoms. The lowest BCUT2D eigenvalue weighted by Crippen LogP contribution is -2.35. The lowest BCUT2D eigenvalue weighted by atomic mass is 10.2. The maximum atomic E-state index is 12.6. The average molecular weight is 450 g/mol. The number of hydrogen-bond donors (Lipinski definition) is 0. The molecule has 3 aromatic heterocycles. The molecule has 0 unspecified atom stereocenters. The lowest BCUT2D eigenvalue weighted by Gasteiger charge is -2.20. The zero-order chi connectivity index (χ0) is 19.7. The molecule has 9 nitrogen and oxygen atoms in total. The molecule has 1 saturated heterocycles. The average Bonchev–Trinajstić information content (AvgIpc) is 3.33. The van der Waals surface area contributed by atoms with Gasteiger partial charge in [0.1, 0.15) is 11.3 Å². The predicted octanol–water partition coefficient (Wildman–Crippen LogP) is 3.05. The highest BCUT2D eigenvalue weighted by atomic mass is 79.9. The molecule has 1 aliphatic rings. The van der Waals surface area contributed by atoms with Crippen molar-refractivity contribution in [3.8, 4) is 11.5 Å². The van der Waals surface area contributed by atoms with Gasteiger partial charge in [-0.15, -0.1) is 0 Å². The molecule has 4 heterocycles. The van der Waals surface area contributed by atoms with Gasteiger partial charge in [0.2, 0.25) is 0 Å². The topological polar surface area (TPSA) is 102 Å². The monoisotopic (exact) mass is 449 g/mol. The van der Waals surface area contributed by atoms with Crippen LogP contribution in [0, 0.1) is 13.8 Å². The summed E-state index contributed by atoms with van der Waals surface area (Å²) in [6.45, 7) is 7.09. The van der Waals surface area contributed by atoms with E-state index in [0.29, 0.717) is 47.5 Å². The van der Waals surface area contributed by atoms with Gasteiger partial charge in [0.05, 0.1) is 12.2 Å². The Morgan fingerprint density at radius 1 is 1.14 bits per heavy atom. The van der Waals surface area contributed by atoms with Gasteiger partial charge in [-0.05, 0) is 48.3 Å². The third-order valence-corrected chi connectivity index (χ3v) is 5.17. The molecule has 10 heteroatoms. The van der Waals surface area contributed by atoms with Gasteiger partial charge in [0.25, 0.3) is 11.8 Å². The number of aryl methyl sites for hydroxylation is 2. The van der Waals surface area contributed by atoms with Gasteiger partial charge < -0.3 is 18.4 Å². The van der Waals surface area contributed by atoms with Crippen LogP contribution in [0.2, 0.25) is 0 Å². The van der Waals surface area contributed by atoms with Crippen LogP contribution in [-0.4, -0.2) is 57.2 Å².